The van der Waals surface area contributed by atoms with Gasteiger partial charge in [-0.25, -0.2) is 28.3 Å². The van der Waals surface area contributed by atoms with E-state index in [1.54, 1.807) is 21.5 Å². The Hall–Kier alpha value is -7.44. The molecule has 0 aliphatic rings. The van der Waals surface area contributed by atoms with Crippen molar-refractivity contribution in [2.45, 2.75) is 6.42 Å². The number of benzene rings is 2. The van der Waals surface area contributed by atoms with Gasteiger partial charge in [0.05, 0.1) is 29.1 Å². The quantitative estimate of drug-likeness (QED) is 0.144. The lowest BCUT2D eigenvalue weighted by molar-refractivity contribution is 0.0686. The molecule has 2 amide bonds. The van der Waals surface area contributed by atoms with Crippen LogP contribution < -0.4 is 15.4 Å². The first kappa shape index (κ1) is 33.5. The van der Waals surface area contributed by atoms with Crippen LogP contribution in [0.15, 0.2) is 86.0 Å². The van der Waals surface area contributed by atoms with Gasteiger partial charge in [-0.05, 0) is 48.0 Å². The van der Waals surface area contributed by atoms with E-state index in [1.807, 2.05) is 0 Å². The Morgan fingerprint density at radius 3 is 1.65 bits per heavy atom. The zero-order valence-corrected chi connectivity index (χ0v) is 25.8. The van der Waals surface area contributed by atoms with Crippen molar-refractivity contribution in [2.75, 3.05) is 17.2 Å². The third-order valence-corrected chi connectivity index (χ3v) is 7.15. The highest BCUT2D eigenvalue weighted by Gasteiger charge is 2.21. The lowest BCUT2D eigenvalue weighted by atomic mass is 10.0. The van der Waals surface area contributed by atoms with Gasteiger partial charge < -0.3 is 25.6 Å². The van der Waals surface area contributed by atoms with E-state index < -0.39 is 64.6 Å². The number of rotatable bonds is 12. The Balaban J connectivity index is 1.12. The van der Waals surface area contributed by atoms with Gasteiger partial charge in [0.1, 0.15) is 18.5 Å². The number of anilines is 2. The van der Waals surface area contributed by atoms with Gasteiger partial charge in [-0.3, -0.25) is 18.7 Å². The normalized spacial score (nSPS) is 10.8. The highest BCUT2D eigenvalue weighted by Crippen LogP contribution is 2.28. The van der Waals surface area contributed by atoms with Crippen molar-refractivity contribution in [1.29, 1.82) is 0 Å². The summed E-state index contributed by atoms with van der Waals surface area (Å²) in [7, 11) is 0. The summed E-state index contributed by atoms with van der Waals surface area (Å²) in [5.41, 5.74) is -2.24. The third-order valence-electron chi connectivity index (χ3n) is 7.15. The molecule has 51 heavy (non-hydrogen) atoms. The molecule has 19 heteroatoms. The molecule has 0 aliphatic heterocycles. The van der Waals surface area contributed by atoms with Gasteiger partial charge in [0.15, 0.2) is 34.6 Å². The van der Waals surface area contributed by atoms with Crippen molar-refractivity contribution in [2.24, 2.45) is 0 Å². The number of amides is 2. The number of imidazole rings is 2. The van der Waals surface area contributed by atoms with Crippen molar-refractivity contribution < 1.29 is 42.9 Å². The lowest BCUT2D eigenvalue weighted by Gasteiger charge is -2.14. The molecule has 17 nitrogen and oxygen atoms in total. The van der Waals surface area contributed by atoms with Gasteiger partial charge in [0.2, 0.25) is 0 Å². The first-order valence-electron chi connectivity index (χ1n) is 14.6. The molecule has 0 radical (unpaired) electrons. The van der Waals surface area contributed by atoms with Crippen LogP contribution in [0.5, 0.6) is 5.75 Å². The number of aromatic nitrogens is 8. The number of carbonyl (C=O) groups is 4. The summed E-state index contributed by atoms with van der Waals surface area (Å²) < 4.78 is 38.6. The fraction of sp³-hybridized carbons (Fsp3) is 0.0625. The molecule has 0 fully saturated rings. The molecular formula is C32H22F2N10O7. The molecule has 0 saturated heterocycles. The number of halogens is 2. The molecule has 0 saturated carbocycles. The van der Waals surface area contributed by atoms with E-state index >= 15 is 8.78 Å². The maximum atomic E-state index is 15.1. The summed E-state index contributed by atoms with van der Waals surface area (Å²) in [5.74, 6) is -6.48. The predicted molar refractivity (Wildman–Crippen MR) is 170 cm³/mol. The number of nitrogens with one attached hydrogen (secondary N) is 2. The minimum Gasteiger partial charge on any atom is -0.490 e. The summed E-state index contributed by atoms with van der Waals surface area (Å²) in [6.45, 7) is -0.416. The highest BCUT2D eigenvalue weighted by atomic mass is 19.1. The Labute approximate surface area is 284 Å². The van der Waals surface area contributed by atoms with Gasteiger partial charge in [-0.15, -0.1) is 20.4 Å². The van der Waals surface area contributed by atoms with Crippen LogP contribution in [0.3, 0.4) is 0 Å². The van der Waals surface area contributed by atoms with Crippen molar-refractivity contribution in [3.8, 4) is 17.4 Å². The van der Waals surface area contributed by atoms with Crippen molar-refractivity contribution >= 4 is 35.1 Å². The third kappa shape index (κ3) is 7.51. The zero-order valence-electron chi connectivity index (χ0n) is 25.8. The van der Waals surface area contributed by atoms with Gasteiger partial charge >= 0.3 is 11.9 Å². The molecule has 0 unspecified atom stereocenters. The van der Waals surface area contributed by atoms with E-state index in [0.29, 0.717) is 11.6 Å². The van der Waals surface area contributed by atoms with Crippen LogP contribution in [0.25, 0.3) is 11.6 Å². The van der Waals surface area contributed by atoms with Crippen molar-refractivity contribution in [3.63, 3.8) is 0 Å². The number of nitrogens with zero attached hydrogens (tertiary/aromatic N) is 8. The van der Waals surface area contributed by atoms with Crippen LogP contribution >= 0.6 is 0 Å². The maximum absolute atomic E-state index is 15.1. The summed E-state index contributed by atoms with van der Waals surface area (Å²) in [6.07, 6.45) is 8.93. The average Bonchev–Trinajstić information content (AvgIpc) is 3.86. The van der Waals surface area contributed by atoms with Crippen LogP contribution in [0.1, 0.15) is 47.3 Å². The van der Waals surface area contributed by atoms with Crippen LogP contribution in [-0.4, -0.2) is 80.1 Å². The first-order chi connectivity index (χ1) is 24.6. The van der Waals surface area contributed by atoms with E-state index in [2.05, 4.69) is 41.0 Å². The minimum atomic E-state index is -1.52. The number of aromatic carboxylic acids is 2. The van der Waals surface area contributed by atoms with Gasteiger partial charge in [-0.2, -0.15) is 0 Å². The zero-order chi connectivity index (χ0) is 36.1. The molecule has 4 aromatic heterocycles. The molecule has 0 aliphatic carbocycles. The van der Waals surface area contributed by atoms with Crippen molar-refractivity contribution in [3.05, 3.63) is 126 Å². The minimum absolute atomic E-state index is 0.155. The number of ether oxygens (including phenoxy) is 1. The van der Waals surface area contributed by atoms with Crippen LogP contribution in [0, 0.1) is 11.6 Å². The molecule has 2 aromatic carbocycles. The number of carbonyl (C=O) groups excluding carboxylic acids is 2. The SMILES string of the molecule is O=C(Nc1cc(F)c(CCOc2cc(C(=O)O)c(NC(=O)c3ccc(-n4ccnc4)nn3)cc2F)cc1C(=O)O)c1ccc(-n2ccnc2)nn1. The fourth-order valence-corrected chi connectivity index (χ4v) is 4.64. The fourth-order valence-electron chi connectivity index (χ4n) is 4.64. The Kier molecular flexibility index (Phi) is 9.42. The molecule has 0 spiro atoms. The average molecular weight is 697 g/mol. The maximum Gasteiger partial charge on any atom is 0.337 e. The van der Waals surface area contributed by atoms with Gasteiger partial charge in [0.25, 0.3) is 11.8 Å². The van der Waals surface area contributed by atoms with E-state index in [1.165, 1.54) is 49.3 Å². The molecule has 0 bridgehead atoms. The standard InChI is InChI=1S/C32H22F2N10O7/c33-20-13-24(37-29(45)22-1-3-27(41-39-22)43-8-6-35-15-43)18(31(47)48)11-17(20)5-10-51-26-12-19(32(49)50)25(14-21(26)34)38-30(46)23-2-4-28(42-40-23)44-9-7-36-16-44/h1-4,6-9,11-16H,5,10H2,(H,37,45)(H,38,46)(H,47,48)(H,49,50). The van der Waals surface area contributed by atoms with E-state index in [4.69, 9.17) is 4.74 Å². The Morgan fingerprint density at radius 2 is 1.20 bits per heavy atom. The lowest BCUT2D eigenvalue weighted by Crippen LogP contribution is -2.18. The van der Waals surface area contributed by atoms with Crippen LogP contribution in [-0.2, 0) is 6.42 Å². The molecule has 256 valence electrons. The molecule has 6 aromatic rings. The number of carboxylic acids is 2. The Bertz CT molecular complexity index is 2090. The highest BCUT2D eigenvalue weighted by molar-refractivity contribution is 6.07. The smallest absolute Gasteiger partial charge is 0.337 e. The molecule has 6 rings (SSSR count). The summed E-state index contributed by atoms with van der Waals surface area (Å²) >= 11 is 0. The number of hydrogen-bond acceptors (Lipinski definition) is 11. The summed E-state index contributed by atoms with van der Waals surface area (Å²) in [6, 6.07) is 8.99. The molecule has 0 atom stereocenters. The van der Waals surface area contributed by atoms with Crippen molar-refractivity contribution in [1.82, 2.24) is 39.5 Å². The number of carboxylic acid groups (broad SMARTS) is 2. The largest absolute Gasteiger partial charge is 0.490 e. The topological polar surface area (TPSA) is 229 Å². The monoisotopic (exact) mass is 696 g/mol. The summed E-state index contributed by atoms with van der Waals surface area (Å²) in [5, 5.41) is 39.5. The van der Waals surface area contributed by atoms with Gasteiger partial charge in [0, 0.05) is 37.3 Å². The van der Waals surface area contributed by atoms with E-state index in [0.717, 1.165) is 24.3 Å². The van der Waals surface area contributed by atoms with Crippen LogP contribution in [0.2, 0.25) is 0 Å². The van der Waals surface area contributed by atoms with E-state index in [-0.39, 0.29) is 29.1 Å². The predicted octanol–water partition coefficient (Wildman–Crippen LogP) is 3.44. The molecule has 4 N–H and O–H groups in total. The molecule has 4 heterocycles. The summed E-state index contributed by atoms with van der Waals surface area (Å²) in [4.78, 5) is 57.2. The second-order valence-electron chi connectivity index (χ2n) is 10.4. The second-order valence-corrected chi connectivity index (χ2v) is 10.4. The Morgan fingerprint density at radius 1 is 0.686 bits per heavy atom. The van der Waals surface area contributed by atoms with Crippen LogP contribution in [0.4, 0.5) is 20.2 Å². The second kappa shape index (κ2) is 14.4. The number of hydrogen-bond donors (Lipinski definition) is 4. The molecular weight excluding hydrogens is 674 g/mol. The first-order valence-corrected chi connectivity index (χ1v) is 14.6. The van der Waals surface area contributed by atoms with Gasteiger partial charge in [-0.1, -0.05) is 0 Å². The van der Waals surface area contributed by atoms with E-state index in [9.17, 15) is 29.4 Å².